The van der Waals surface area contributed by atoms with Crippen molar-refractivity contribution in [3.8, 4) is 6.07 Å². The summed E-state index contributed by atoms with van der Waals surface area (Å²) in [5.74, 6) is -0.949. The molecule has 0 spiro atoms. The Hall–Kier alpha value is -4.32. The third-order valence-corrected chi connectivity index (χ3v) is 4.66. The minimum atomic E-state index is -0.792. The van der Waals surface area contributed by atoms with E-state index in [4.69, 9.17) is 11.0 Å². The lowest BCUT2D eigenvalue weighted by Gasteiger charge is -2.20. The molecule has 2 aliphatic heterocycles. The third-order valence-electron chi connectivity index (χ3n) is 4.66. The first-order valence-electron chi connectivity index (χ1n) is 9.60. The van der Waals surface area contributed by atoms with Gasteiger partial charge in [0.2, 0.25) is 0 Å². The van der Waals surface area contributed by atoms with Gasteiger partial charge in [0.25, 0.3) is 11.8 Å². The van der Waals surface area contributed by atoms with Crippen molar-refractivity contribution >= 4 is 18.0 Å². The number of rotatable bonds is 6. The number of nitriles is 1. The Labute approximate surface area is 180 Å². The van der Waals surface area contributed by atoms with E-state index in [1.165, 1.54) is 18.0 Å². The maximum Gasteiger partial charge on any atom is 0.266 e. The summed E-state index contributed by atoms with van der Waals surface area (Å²) in [5.41, 5.74) is 8.90. The number of hydrogen-bond donors (Lipinski definition) is 5. The highest BCUT2D eigenvalue weighted by Crippen LogP contribution is 2.19. The Morgan fingerprint density at radius 1 is 1.29 bits per heavy atom. The quantitative estimate of drug-likeness (QED) is 0.337. The van der Waals surface area contributed by atoms with Crippen LogP contribution in [-0.4, -0.2) is 30.9 Å². The maximum atomic E-state index is 12.4. The van der Waals surface area contributed by atoms with Gasteiger partial charge in [0.05, 0.1) is 11.6 Å². The molecule has 0 radical (unpaired) electrons. The van der Waals surface area contributed by atoms with Crippen molar-refractivity contribution in [1.82, 2.24) is 21.3 Å². The van der Waals surface area contributed by atoms with Crippen molar-refractivity contribution in [3.63, 3.8) is 0 Å². The van der Waals surface area contributed by atoms with E-state index in [1.807, 2.05) is 25.3 Å². The van der Waals surface area contributed by atoms with E-state index in [9.17, 15) is 9.59 Å². The van der Waals surface area contributed by atoms with Crippen molar-refractivity contribution in [2.24, 2.45) is 10.7 Å². The van der Waals surface area contributed by atoms with Crippen molar-refractivity contribution in [3.05, 3.63) is 82.9 Å². The van der Waals surface area contributed by atoms with Gasteiger partial charge in [-0.2, -0.15) is 5.26 Å². The summed E-state index contributed by atoms with van der Waals surface area (Å²) >= 11 is 0. The van der Waals surface area contributed by atoms with Gasteiger partial charge >= 0.3 is 0 Å². The molecule has 31 heavy (non-hydrogen) atoms. The van der Waals surface area contributed by atoms with E-state index in [1.54, 1.807) is 6.07 Å². The number of carbonyl (C=O) groups is 2. The lowest BCUT2D eigenvalue weighted by Crippen LogP contribution is -2.46. The number of amides is 2. The number of aliphatic imine (C=N–C) groups is 1. The predicted molar refractivity (Wildman–Crippen MR) is 117 cm³/mol. The lowest BCUT2D eigenvalue weighted by atomic mass is 10.0. The lowest BCUT2D eigenvalue weighted by molar-refractivity contribution is -0.118. The Morgan fingerprint density at radius 3 is 2.68 bits per heavy atom. The van der Waals surface area contributed by atoms with Crippen LogP contribution >= 0.6 is 0 Å². The summed E-state index contributed by atoms with van der Waals surface area (Å²) in [7, 11) is 0. The van der Waals surface area contributed by atoms with Gasteiger partial charge in [-0.15, -0.1) is 0 Å². The summed E-state index contributed by atoms with van der Waals surface area (Å²) in [4.78, 5) is 28.1. The van der Waals surface area contributed by atoms with Gasteiger partial charge in [-0.1, -0.05) is 42.0 Å². The van der Waals surface area contributed by atoms with Crippen LogP contribution in [0, 0.1) is 18.3 Å². The monoisotopic (exact) mass is 417 g/mol. The number of benzene rings is 1. The Kier molecular flexibility index (Phi) is 6.85. The largest absolute Gasteiger partial charge is 0.404 e. The second-order valence-electron chi connectivity index (χ2n) is 6.93. The van der Waals surface area contributed by atoms with Crippen molar-refractivity contribution in [2.75, 3.05) is 6.54 Å². The average Bonchev–Trinajstić information content (AvgIpc) is 2.79. The molecule has 0 fully saturated rings. The molecule has 2 amide bonds. The Morgan fingerprint density at radius 2 is 2.06 bits per heavy atom. The molecule has 0 saturated carbocycles. The minimum Gasteiger partial charge on any atom is -0.404 e. The molecule has 2 aliphatic rings. The number of nitrogens with zero attached hydrogens (tertiary/aromatic N) is 2. The number of dihydropyridines is 1. The third kappa shape index (κ3) is 5.61. The zero-order valence-corrected chi connectivity index (χ0v) is 16.9. The zero-order valence-electron chi connectivity index (χ0n) is 16.9. The van der Waals surface area contributed by atoms with Gasteiger partial charge in [0.15, 0.2) is 6.29 Å². The van der Waals surface area contributed by atoms with E-state index >= 15 is 0 Å². The van der Waals surface area contributed by atoms with Gasteiger partial charge < -0.3 is 27.0 Å². The standard InChI is InChI=1S/C22H23N7O2/c1-14-2-5-16(6-3-14)19-7-4-15(10-25-19)11-26-20(30)17(8-23)12-27-22-28-13-18(9-24)21(31)29-22/h2-8,10,12-13,19,22,25,28H,11,23H2,1H3,(H,26,30)(H,29,31)/b17-8+,27-12+. The molecule has 0 saturated heterocycles. The second-order valence-corrected chi connectivity index (χ2v) is 6.93. The Bertz CT molecular complexity index is 1040. The van der Waals surface area contributed by atoms with Crippen LogP contribution in [0.25, 0.3) is 0 Å². The topological polar surface area (TPSA) is 144 Å². The molecule has 1 aromatic carbocycles. The van der Waals surface area contributed by atoms with Gasteiger partial charge in [0.1, 0.15) is 11.6 Å². The molecule has 3 rings (SSSR count). The molecule has 0 bridgehead atoms. The van der Waals surface area contributed by atoms with E-state index < -0.39 is 18.1 Å². The van der Waals surface area contributed by atoms with Crippen LogP contribution in [0.15, 0.2) is 76.7 Å². The molecule has 2 unspecified atom stereocenters. The summed E-state index contributed by atoms with van der Waals surface area (Å²) in [6, 6.07) is 10.1. The highest BCUT2D eigenvalue weighted by molar-refractivity contribution is 6.12. The zero-order chi connectivity index (χ0) is 22.2. The Balaban J connectivity index is 1.50. The van der Waals surface area contributed by atoms with Crippen molar-refractivity contribution < 1.29 is 9.59 Å². The molecule has 9 heteroatoms. The van der Waals surface area contributed by atoms with Crippen LogP contribution in [0.2, 0.25) is 0 Å². The maximum absolute atomic E-state index is 12.4. The van der Waals surface area contributed by atoms with Crippen LogP contribution < -0.4 is 27.0 Å². The molecule has 0 aliphatic carbocycles. The normalized spacial score (nSPS) is 20.6. The molecular weight excluding hydrogens is 394 g/mol. The molecule has 1 aromatic rings. The molecule has 2 heterocycles. The smallest absolute Gasteiger partial charge is 0.266 e. The number of nitrogens with two attached hydrogens (primary N) is 1. The van der Waals surface area contributed by atoms with Crippen LogP contribution in [0.3, 0.4) is 0 Å². The minimum absolute atomic E-state index is 0.0502. The van der Waals surface area contributed by atoms with Crippen molar-refractivity contribution in [2.45, 2.75) is 19.3 Å². The molecular formula is C22H23N7O2. The molecule has 6 N–H and O–H groups in total. The summed E-state index contributed by atoms with van der Waals surface area (Å²) in [6.45, 7) is 2.35. The predicted octanol–water partition coefficient (Wildman–Crippen LogP) is 0.520. The van der Waals surface area contributed by atoms with E-state index in [2.05, 4.69) is 50.5 Å². The second kappa shape index (κ2) is 9.93. The first-order valence-corrected chi connectivity index (χ1v) is 9.60. The molecule has 158 valence electrons. The van der Waals surface area contributed by atoms with E-state index in [0.717, 1.165) is 17.3 Å². The number of aryl methyl sites for hydroxylation is 1. The highest BCUT2D eigenvalue weighted by atomic mass is 16.2. The first kappa shape index (κ1) is 21.4. The van der Waals surface area contributed by atoms with Crippen LogP contribution in [0.5, 0.6) is 0 Å². The van der Waals surface area contributed by atoms with Gasteiger partial charge in [-0.3, -0.25) is 9.59 Å². The van der Waals surface area contributed by atoms with Gasteiger partial charge in [-0.05, 0) is 18.1 Å². The highest BCUT2D eigenvalue weighted by Gasteiger charge is 2.19. The van der Waals surface area contributed by atoms with E-state index in [-0.39, 0.29) is 17.2 Å². The fraction of sp³-hybridized carbons (Fsp3) is 0.182. The first-order chi connectivity index (χ1) is 15.0. The summed E-state index contributed by atoms with van der Waals surface area (Å²) in [5, 5.41) is 20.1. The summed E-state index contributed by atoms with van der Waals surface area (Å²) < 4.78 is 0. The number of hydrogen-bond acceptors (Lipinski definition) is 7. The van der Waals surface area contributed by atoms with Crippen LogP contribution in [0.4, 0.5) is 0 Å². The molecule has 0 aromatic heterocycles. The molecule has 2 atom stereocenters. The SMILES string of the molecule is Cc1ccc(C2C=CC(CNC(=O)C(/C=N/C3NC=C(C#N)C(=O)N3)=C/N)=CN2)cc1. The van der Waals surface area contributed by atoms with Gasteiger partial charge in [0, 0.05) is 31.4 Å². The van der Waals surface area contributed by atoms with Crippen molar-refractivity contribution in [1.29, 1.82) is 5.26 Å². The van der Waals surface area contributed by atoms with Crippen LogP contribution in [0.1, 0.15) is 17.2 Å². The van der Waals surface area contributed by atoms with Gasteiger partial charge in [-0.25, -0.2) is 4.99 Å². The number of nitrogens with one attached hydrogen (secondary N) is 4. The summed E-state index contributed by atoms with van der Waals surface area (Å²) in [6.07, 6.45) is 8.73. The van der Waals surface area contributed by atoms with Crippen LogP contribution in [-0.2, 0) is 9.59 Å². The average molecular weight is 417 g/mol. The fourth-order valence-corrected chi connectivity index (χ4v) is 2.86. The fourth-order valence-electron chi connectivity index (χ4n) is 2.86. The molecule has 9 nitrogen and oxygen atoms in total. The number of carbonyl (C=O) groups excluding carboxylic acids is 2. The van der Waals surface area contributed by atoms with E-state index in [0.29, 0.717) is 6.54 Å².